The number of hydrogen-bond acceptors (Lipinski definition) is 2. The number of halogens is 2. The summed E-state index contributed by atoms with van der Waals surface area (Å²) in [5, 5.41) is 8.91. The van der Waals surface area contributed by atoms with Gasteiger partial charge in [0.2, 0.25) is 0 Å². The summed E-state index contributed by atoms with van der Waals surface area (Å²) in [6, 6.07) is 51.8. The molecule has 0 radical (unpaired) electrons. The van der Waals surface area contributed by atoms with Crippen molar-refractivity contribution in [2.45, 2.75) is 64.5 Å². The SMILES string of the molecule is CC(C)(C)c1cc2c(Br)c(=NC(c3ccccc3)c3ccccc3)c3cc(C(C)(C)C)cc4c(Br)c(=NC(c5ccccc5)c5ccccc5)c(c1)c2=c43. The van der Waals surface area contributed by atoms with Crippen molar-refractivity contribution in [2.75, 3.05) is 0 Å². The van der Waals surface area contributed by atoms with E-state index in [4.69, 9.17) is 9.98 Å². The lowest BCUT2D eigenvalue weighted by Crippen LogP contribution is -2.20. The summed E-state index contributed by atoms with van der Waals surface area (Å²) in [6.07, 6.45) is 0. The second-order valence-electron chi connectivity index (χ2n) is 16.4. The molecule has 0 saturated heterocycles. The van der Waals surface area contributed by atoms with Gasteiger partial charge < -0.3 is 0 Å². The van der Waals surface area contributed by atoms with Crippen LogP contribution in [0.1, 0.15) is 87.0 Å². The Labute approximate surface area is 335 Å². The molecule has 0 N–H and O–H groups in total. The standard InChI is InChI=1S/C50H44Br2N2/c1-49(2,3)35-27-37-41-39(29-35)47(53-45(31-19-11-7-12-20-31)32-21-13-8-14-22-32)44(52)38-28-36(50(4,5)6)30-40(42(38)41)48(43(37)51)54-46(33-23-15-9-16-24-33)34-25-17-10-18-26-34/h7-30,45-46H,1-6H3. The summed E-state index contributed by atoms with van der Waals surface area (Å²) >= 11 is 8.49. The van der Waals surface area contributed by atoms with Crippen LogP contribution < -0.4 is 10.7 Å². The molecule has 0 atom stereocenters. The molecular weight excluding hydrogens is 788 g/mol. The molecular formula is C50H44Br2N2. The van der Waals surface area contributed by atoms with E-state index in [0.29, 0.717) is 0 Å². The molecule has 2 nitrogen and oxygen atoms in total. The van der Waals surface area contributed by atoms with Crippen molar-refractivity contribution in [3.63, 3.8) is 0 Å². The predicted molar refractivity (Wildman–Crippen MR) is 233 cm³/mol. The molecule has 268 valence electrons. The van der Waals surface area contributed by atoms with Crippen LogP contribution in [0.4, 0.5) is 0 Å². The highest BCUT2D eigenvalue weighted by Crippen LogP contribution is 2.38. The fraction of sp³-hybridized carbons (Fsp3) is 0.200. The monoisotopic (exact) mass is 830 g/mol. The first-order valence-electron chi connectivity index (χ1n) is 18.7. The number of hydrogen-bond donors (Lipinski definition) is 0. The van der Waals surface area contributed by atoms with Gasteiger partial charge in [-0.1, -0.05) is 163 Å². The van der Waals surface area contributed by atoms with Crippen LogP contribution in [0.15, 0.2) is 165 Å². The van der Waals surface area contributed by atoms with E-state index >= 15 is 0 Å². The van der Waals surface area contributed by atoms with Gasteiger partial charge in [-0.25, -0.2) is 0 Å². The van der Waals surface area contributed by atoms with Crippen molar-refractivity contribution in [1.29, 1.82) is 0 Å². The molecule has 6 aromatic rings. The average molecular weight is 833 g/mol. The van der Waals surface area contributed by atoms with Crippen LogP contribution >= 0.6 is 31.9 Å². The second kappa shape index (κ2) is 14.2. The van der Waals surface area contributed by atoms with E-state index in [-0.39, 0.29) is 22.9 Å². The Balaban J connectivity index is 1.60. The van der Waals surface area contributed by atoms with E-state index in [9.17, 15) is 0 Å². The molecule has 6 aromatic carbocycles. The van der Waals surface area contributed by atoms with Gasteiger partial charge in [-0.2, -0.15) is 0 Å². The molecule has 0 aromatic heterocycles. The summed E-state index contributed by atoms with van der Waals surface area (Å²) in [5.74, 6) is 0. The molecule has 4 heteroatoms. The first kappa shape index (κ1) is 36.3. The maximum absolute atomic E-state index is 5.76. The van der Waals surface area contributed by atoms with Crippen molar-refractivity contribution in [3.8, 4) is 0 Å². The third kappa shape index (κ3) is 6.69. The normalized spacial score (nSPS) is 13.4. The van der Waals surface area contributed by atoms with Gasteiger partial charge in [0, 0.05) is 21.2 Å². The Morgan fingerprint density at radius 1 is 0.389 bits per heavy atom. The highest BCUT2D eigenvalue weighted by atomic mass is 79.9. The van der Waals surface area contributed by atoms with Crippen LogP contribution in [-0.2, 0) is 10.8 Å². The number of rotatable bonds is 6. The fourth-order valence-corrected chi connectivity index (χ4v) is 8.89. The van der Waals surface area contributed by atoms with Gasteiger partial charge in [0.1, 0.15) is 12.1 Å². The van der Waals surface area contributed by atoms with Crippen LogP contribution in [-0.4, -0.2) is 0 Å². The van der Waals surface area contributed by atoms with Gasteiger partial charge in [-0.05, 0) is 111 Å². The number of nitrogens with zero attached hydrogens (tertiary/aromatic N) is 2. The first-order valence-corrected chi connectivity index (χ1v) is 20.3. The first-order chi connectivity index (χ1) is 25.9. The zero-order valence-corrected chi connectivity index (χ0v) is 34.8. The van der Waals surface area contributed by atoms with E-state index < -0.39 is 0 Å². The topological polar surface area (TPSA) is 24.7 Å². The molecule has 0 saturated carbocycles. The molecule has 2 aliphatic carbocycles. The molecule has 8 rings (SSSR count). The molecule has 54 heavy (non-hydrogen) atoms. The molecule has 0 fully saturated rings. The van der Waals surface area contributed by atoms with Gasteiger partial charge in [-0.15, -0.1) is 0 Å². The molecule has 0 heterocycles. The third-order valence-electron chi connectivity index (χ3n) is 10.6. The van der Waals surface area contributed by atoms with E-state index in [0.717, 1.165) is 63.5 Å². The summed E-state index contributed by atoms with van der Waals surface area (Å²) < 4.78 is 2.01. The molecule has 0 bridgehead atoms. The Morgan fingerprint density at radius 3 is 0.907 bits per heavy atom. The third-order valence-corrected chi connectivity index (χ3v) is 12.2. The lowest BCUT2D eigenvalue weighted by Gasteiger charge is -2.24. The van der Waals surface area contributed by atoms with Crippen LogP contribution in [0.5, 0.6) is 0 Å². The van der Waals surface area contributed by atoms with Gasteiger partial charge in [0.25, 0.3) is 0 Å². The van der Waals surface area contributed by atoms with Gasteiger partial charge in [0.05, 0.1) is 19.7 Å². The van der Waals surface area contributed by atoms with E-state index in [1.54, 1.807) is 0 Å². The van der Waals surface area contributed by atoms with Crippen molar-refractivity contribution in [1.82, 2.24) is 0 Å². The largest absolute Gasteiger partial charge is 0.271 e. The van der Waals surface area contributed by atoms with Crippen LogP contribution in [0.3, 0.4) is 0 Å². The molecule has 0 amide bonds. The Kier molecular flexibility index (Phi) is 9.57. The summed E-state index contributed by atoms with van der Waals surface area (Å²) in [6.45, 7) is 13.7. The van der Waals surface area contributed by atoms with Gasteiger partial charge in [0.15, 0.2) is 0 Å². The maximum atomic E-state index is 5.76. The maximum Gasteiger partial charge on any atom is 0.101 e. The minimum absolute atomic E-state index is 0.112. The summed E-state index contributed by atoms with van der Waals surface area (Å²) in [5.41, 5.74) is 6.89. The van der Waals surface area contributed by atoms with Gasteiger partial charge >= 0.3 is 0 Å². The zero-order chi connectivity index (χ0) is 37.8. The zero-order valence-electron chi connectivity index (χ0n) is 31.7. The Hall–Kier alpha value is -4.64. The lowest BCUT2D eigenvalue weighted by molar-refractivity contribution is 0.590. The van der Waals surface area contributed by atoms with Crippen molar-refractivity contribution < 1.29 is 0 Å². The molecule has 0 spiro atoms. The minimum Gasteiger partial charge on any atom is -0.271 e. The Bertz CT molecular complexity index is 2510. The van der Waals surface area contributed by atoms with Crippen LogP contribution in [0.2, 0.25) is 0 Å². The fourth-order valence-electron chi connectivity index (χ4n) is 7.64. The molecule has 0 aliphatic heterocycles. The van der Waals surface area contributed by atoms with Crippen LogP contribution in [0.25, 0.3) is 21.5 Å². The smallest absolute Gasteiger partial charge is 0.101 e. The van der Waals surface area contributed by atoms with Crippen molar-refractivity contribution >= 4 is 53.4 Å². The molecule has 0 unspecified atom stereocenters. The average Bonchev–Trinajstić information content (AvgIpc) is 3.17. The lowest BCUT2D eigenvalue weighted by atomic mass is 9.82. The van der Waals surface area contributed by atoms with Crippen LogP contribution in [0, 0.1) is 10.4 Å². The van der Waals surface area contributed by atoms with E-state index in [1.165, 1.54) is 21.6 Å². The highest BCUT2D eigenvalue weighted by molar-refractivity contribution is 9.11. The summed E-state index contributed by atoms with van der Waals surface area (Å²) in [7, 11) is 0. The quantitative estimate of drug-likeness (QED) is 0.159. The van der Waals surface area contributed by atoms with E-state index in [1.807, 2.05) is 0 Å². The summed E-state index contributed by atoms with van der Waals surface area (Å²) in [4.78, 5) is 11.5. The predicted octanol–water partition coefficient (Wildman–Crippen LogP) is 13.1. The van der Waals surface area contributed by atoms with E-state index in [2.05, 4.69) is 219 Å². The minimum atomic E-state index is -0.193. The number of benzene rings is 6. The van der Waals surface area contributed by atoms with Crippen molar-refractivity contribution in [2.24, 2.45) is 9.98 Å². The van der Waals surface area contributed by atoms with Crippen molar-refractivity contribution in [3.05, 3.63) is 209 Å². The Morgan fingerprint density at radius 2 is 0.648 bits per heavy atom. The highest BCUT2D eigenvalue weighted by Gasteiger charge is 2.25. The van der Waals surface area contributed by atoms with Gasteiger partial charge in [-0.3, -0.25) is 9.98 Å². The second-order valence-corrected chi connectivity index (χ2v) is 18.0. The molecule has 2 aliphatic rings.